The first-order valence-corrected chi connectivity index (χ1v) is 8.62. The molecule has 1 aromatic carbocycles. The monoisotopic (exact) mass is 331 g/mol. The van der Waals surface area contributed by atoms with Crippen LogP contribution in [0, 0.1) is 0 Å². The number of rotatable bonds is 4. The summed E-state index contributed by atoms with van der Waals surface area (Å²) < 4.78 is 9.13. The number of ether oxygens (including phenoxy) is 1. The van der Waals surface area contributed by atoms with Crippen molar-refractivity contribution in [3.63, 3.8) is 0 Å². The molecule has 6 heteroatoms. The van der Waals surface area contributed by atoms with E-state index in [-0.39, 0.29) is 23.8 Å². The molecule has 130 valence electrons. The van der Waals surface area contributed by atoms with Gasteiger partial charge < -0.3 is 9.64 Å². The largest absolute Gasteiger partial charge is 0.372 e. The summed E-state index contributed by atoms with van der Waals surface area (Å²) in [4.78, 5) is 27.0. The van der Waals surface area contributed by atoms with Crippen molar-refractivity contribution >= 4 is 16.9 Å². The molecule has 1 fully saturated rings. The molecule has 1 amide bonds. The number of benzene rings is 1. The van der Waals surface area contributed by atoms with E-state index in [2.05, 4.69) is 0 Å². The van der Waals surface area contributed by atoms with Gasteiger partial charge >= 0.3 is 5.69 Å². The zero-order chi connectivity index (χ0) is 17.3. The van der Waals surface area contributed by atoms with Crippen LogP contribution in [-0.2, 0) is 22.6 Å². The van der Waals surface area contributed by atoms with Crippen molar-refractivity contribution in [2.24, 2.45) is 0 Å². The van der Waals surface area contributed by atoms with Crippen LogP contribution in [0.3, 0.4) is 0 Å². The lowest BCUT2D eigenvalue weighted by Gasteiger charge is -2.35. The number of carbonyl (C=O) groups is 1. The quantitative estimate of drug-likeness (QED) is 0.859. The van der Waals surface area contributed by atoms with Crippen LogP contribution >= 0.6 is 0 Å². The highest BCUT2D eigenvalue weighted by Crippen LogP contribution is 2.15. The van der Waals surface area contributed by atoms with Gasteiger partial charge in [-0.2, -0.15) is 0 Å². The summed E-state index contributed by atoms with van der Waals surface area (Å²) in [7, 11) is 0. The summed E-state index contributed by atoms with van der Waals surface area (Å²) in [5.74, 6) is 0.0808. The van der Waals surface area contributed by atoms with Gasteiger partial charge in [0.25, 0.3) is 0 Å². The molecular weight excluding hydrogens is 306 g/mol. The Labute approximate surface area is 141 Å². The summed E-state index contributed by atoms with van der Waals surface area (Å²) in [6.45, 7) is 8.19. The van der Waals surface area contributed by atoms with E-state index >= 15 is 0 Å². The van der Waals surface area contributed by atoms with Crippen LogP contribution in [0.15, 0.2) is 29.1 Å². The van der Waals surface area contributed by atoms with E-state index in [9.17, 15) is 9.59 Å². The van der Waals surface area contributed by atoms with Gasteiger partial charge in [-0.25, -0.2) is 4.79 Å². The van der Waals surface area contributed by atoms with Gasteiger partial charge in [0.1, 0.15) is 0 Å². The van der Waals surface area contributed by atoms with Crippen LogP contribution in [0.4, 0.5) is 0 Å². The van der Waals surface area contributed by atoms with E-state index in [1.54, 1.807) is 9.13 Å². The molecule has 0 saturated carbocycles. The van der Waals surface area contributed by atoms with E-state index in [1.807, 2.05) is 49.9 Å². The highest BCUT2D eigenvalue weighted by atomic mass is 16.5. The van der Waals surface area contributed by atoms with Crippen LogP contribution in [0.1, 0.15) is 27.2 Å². The number of aryl methyl sites for hydroxylation is 2. The molecule has 3 rings (SSSR count). The molecular formula is C18H25N3O3. The molecule has 0 radical (unpaired) electrons. The molecule has 1 saturated heterocycles. The van der Waals surface area contributed by atoms with Crippen molar-refractivity contribution in [3.8, 4) is 0 Å². The number of fused-ring (bicyclic) bond motifs is 1. The summed E-state index contributed by atoms with van der Waals surface area (Å²) in [5.41, 5.74) is 1.77. The SMILES string of the molecule is CCn1c(=O)n(CCC(=O)N2C[C@@H](C)O[C@H](C)C2)c2ccccc21. The number of aromatic nitrogens is 2. The molecule has 2 heterocycles. The van der Waals surface area contributed by atoms with Gasteiger partial charge in [-0.3, -0.25) is 13.9 Å². The summed E-state index contributed by atoms with van der Waals surface area (Å²) >= 11 is 0. The molecule has 6 nitrogen and oxygen atoms in total. The Kier molecular flexibility index (Phi) is 4.76. The molecule has 0 spiro atoms. The van der Waals surface area contributed by atoms with Gasteiger partial charge in [0.2, 0.25) is 5.91 Å². The standard InChI is InChI=1S/C18H25N3O3/c1-4-20-15-7-5-6-8-16(15)21(18(20)23)10-9-17(22)19-11-13(2)24-14(3)12-19/h5-8,13-14H,4,9-12H2,1-3H3/t13-,14-/m1/s1. The lowest BCUT2D eigenvalue weighted by Crippen LogP contribution is -2.48. The summed E-state index contributed by atoms with van der Waals surface area (Å²) in [5, 5.41) is 0. The molecule has 1 aromatic heterocycles. The van der Waals surface area contributed by atoms with Gasteiger partial charge in [0, 0.05) is 32.6 Å². The average molecular weight is 331 g/mol. The van der Waals surface area contributed by atoms with Crippen LogP contribution in [0.5, 0.6) is 0 Å². The number of para-hydroxylation sites is 2. The Morgan fingerprint density at radius 1 is 1.12 bits per heavy atom. The molecule has 0 N–H and O–H groups in total. The van der Waals surface area contributed by atoms with Gasteiger partial charge in [0.05, 0.1) is 23.2 Å². The molecule has 24 heavy (non-hydrogen) atoms. The van der Waals surface area contributed by atoms with E-state index in [1.165, 1.54) is 0 Å². The van der Waals surface area contributed by atoms with Crippen molar-refractivity contribution < 1.29 is 9.53 Å². The van der Waals surface area contributed by atoms with Crippen molar-refractivity contribution in [3.05, 3.63) is 34.7 Å². The van der Waals surface area contributed by atoms with Gasteiger partial charge in [0.15, 0.2) is 0 Å². The highest BCUT2D eigenvalue weighted by molar-refractivity contribution is 5.78. The number of imidazole rings is 1. The van der Waals surface area contributed by atoms with Crippen LogP contribution in [0.25, 0.3) is 11.0 Å². The van der Waals surface area contributed by atoms with Gasteiger partial charge in [-0.1, -0.05) is 12.1 Å². The third-order valence-electron chi connectivity index (χ3n) is 4.56. The average Bonchev–Trinajstić information content (AvgIpc) is 2.82. The minimum Gasteiger partial charge on any atom is -0.372 e. The number of amides is 1. The second-order valence-corrected chi connectivity index (χ2v) is 6.47. The number of morpholine rings is 1. The van der Waals surface area contributed by atoms with Crippen molar-refractivity contribution in [1.29, 1.82) is 0 Å². The highest BCUT2D eigenvalue weighted by Gasteiger charge is 2.25. The Hall–Kier alpha value is -2.08. The topological polar surface area (TPSA) is 56.5 Å². The zero-order valence-corrected chi connectivity index (χ0v) is 14.6. The predicted molar refractivity (Wildman–Crippen MR) is 93.1 cm³/mol. The summed E-state index contributed by atoms with van der Waals surface area (Å²) in [6, 6.07) is 7.74. The maximum absolute atomic E-state index is 12.6. The smallest absolute Gasteiger partial charge is 0.329 e. The van der Waals surface area contributed by atoms with E-state index in [4.69, 9.17) is 4.74 Å². The molecule has 2 atom stereocenters. The Balaban J connectivity index is 1.77. The molecule has 0 unspecified atom stereocenters. The fraction of sp³-hybridized carbons (Fsp3) is 0.556. The fourth-order valence-corrected chi connectivity index (χ4v) is 3.54. The van der Waals surface area contributed by atoms with E-state index in [0.29, 0.717) is 32.6 Å². The number of carbonyl (C=O) groups excluding carboxylic acids is 1. The van der Waals surface area contributed by atoms with Gasteiger partial charge in [-0.05, 0) is 32.9 Å². The van der Waals surface area contributed by atoms with E-state index < -0.39 is 0 Å². The first-order chi connectivity index (χ1) is 11.5. The molecule has 2 aromatic rings. The normalized spacial score (nSPS) is 21.4. The van der Waals surface area contributed by atoms with Crippen molar-refractivity contribution in [1.82, 2.24) is 14.0 Å². The molecule has 1 aliphatic rings. The molecule has 1 aliphatic heterocycles. The minimum absolute atomic E-state index is 0.0461. The van der Waals surface area contributed by atoms with Gasteiger partial charge in [-0.15, -0.1) is 0 Å². The second-order valence-electron chi connectivity index (χ2n) is 6.47. The minimum atomic E-state index is -0.0461. The fourth-order valence-electron chi connectivity index (χ4n) is 3.54. The Bertz CT molecular complexity index is 782. The lowest BCUT2D eigenvalue weighted by molar-refractivity contribution is -0.143. The summed E-state index contributed by atoms with van der Waals surface area (Å²) in [6.07, 6.45) is 0.446. The molecule has 0 bridgehead atoms. The second kappa shape index (κ2) is 6.81. The zero-order valence-electron chi connectivity index (χ0n) is 14.6. The Morgan fingerprint density at radius 2 is 1.71 bits per heavy atom. The molecule has 0 aliphatic carbocycles. The third kappa shape index (κ3) is 3.11. The van der Waals surface area contributed by atoms with Crippen LogP contribution in [0.2, 0.25) is 0 Å². The number of hydrogen-bond donors (Lipinski definition) is 0. The van der Waals surface area contributed by atoms with E-state index in [0.717, 1.165) is 11.0 Å². The number of nitrogens with zero attached hydrogens (tertiary/aromatic N) is 3. The predicted octanol–water partition coefficient (Wildman–Crippen LogP) is 1.85. The third-order valence-corrected chi connectivity index (χ3v) is 4.56. The van der Waals surface area contributed by atoms with Crippen molar-refractivity contribution in [2.45, 2.75) is 52.5 Å². The maximum atomic E-state index is 12.6. The first kappa shape index (κ1) is 16.8. The van der Waals surface area contributed by atoms with Crippen LogP contribution < -0.4 is 5.69 Å². The first-order valence-electron chi connectivity index (χ1n) is 8.62. The van der Waals surface area contributed by atoms with Crippen molar-refractivity contribution in [2.75, 3.05) is 13.1 Å². The lowest BCUT2D eigenvalue weighted by atomic mass is 10.2. The van der Waals surface area contributed by atoms with Crippen LogP contribution in [-0.4, -0.2) is 45.2 Å². The Morgan fingerprint density at radius 3 is 2.29 bits per heavy atom. The number of hydrogen-bond acceptors (Lipinski definition) is 3. The maximum Gasteiger partial charge on any atom is 0.329 e.